The van der Waals surface area contributed by atoms with Crippen molar-refractivity contribution in [2.24, 2.45) is 0 Å². The standard InChI is InChI=1S/C23H26N2O4/c1-13-8-9-18(22-17(26)10-16(4)21(13)22)29-12-20(28)24-11-19(27)25-23-14(2)6-5-7-15(23)3/h5-9,16H,10-12H2,1-4H3,(H,24,28)(H,25,27). The summed E-state index contributed by atoms with van der Waals surface area (Å²) in [4.78, 5) is 36.6. The van der Waals surface area contributed by atoms with Crippen molar-refractivity contribution < 1.29 is 19.1 Å². The molecule has 152 valence electrons. The predicted octanol–water partition coefficient (Wildman–Crippen LogP) is 3.44. The van der Waals surface area contributed by atoms with Crippen LogP contribution in [-0.4, -0.2) is 30.7 Å². The molecule has 0 aromatic heterocycles. The number of rotatable bonds is 6. The van der Waals surface area contributed by atoms with E-state index in [1.807, 2.05) is 52.0 Å². The second-order valence-corrected chi connectivity index (χ2v) is 7.58. The molecule has 6 heteroatoms. The SMILES string of the molecule is Cc1cccc(C)c1NC(=O)CNC(=O)COc1ccc(C)c2c1C(=O)CC2C. The van der Waals surface area contributed by atoms with Gasteiger partial charge < -0.3 is 15.4 Å². The van der Waals surface area contributed by atoms with Gasteiger partial charge in [-0.1, -0.05) is 31.2 Å². The summed E-state index contributed by atoms with van der Waals surface area (Å²) in [5.74, 6) is -0.108. The number of ether oxygens (including phenoxy) is 1. The molecule has 2 N–H and O–H groups in total. The number of hydrogen-bond donors (Lipinski definition) is 2. The number of hydrogen-bond acceptors (Lipinski definition) is 4. The van der Waals surface area contributed by atoms with E-state index in [4.69, 9.17) is 4.74 Å². The Morgan fingerprint density at radius 2 is 1.72 bits per heavy atom. The maximum Gasteiger partial charge on any atom is 0.258 e. The van der Waals surface area contributed by atoms with Crippen LogP contribution in [0.25, 0.3) is 0 Å². The van der Waals surface area contributed by atoms with Crippen LogP contribution in [0.4, 0.5) is 5.69 Å². The minimum Gasteiger partial charge on any atom is -0.483 e. The lowest BCUT2D eigenvalue weighted by Gasteiger charge is -2.14. The van der Waals surface area contributed by atoms with Crippen molar-refractivity contribution >= 4 is 23.3 Å². The van der Waals surface area contributed by atoms with Crippen molar-refractivity contribution in [2.75, 3.05) is 18.5 Å². The molecule has 1 aliphatic carbocycles. The summed E-state index contributed by atoms with van der Waals surface area (Å²) in [5, 5.41) is 5.37. The fourth-order valence-electron chi connectivity index (χ4n) is 3.80. The lowest BCUT2D eigenvalue weighted by Crippen LogP contribution is -2.36. The molecule has 0 radical (unpaired) electrons. The monoisotopic (exact) mass is 394 g/mol. The number of benzene rings is 2. The van der Waals surface area contributed by atoms with Crippen LogP contribution in [0.2, 0.25) is 0 Å². The molecule has 1 aliphatic rings. The molecule has 0 spiro atoms. The van der Waals surface area contributed by atoms with Gasteiger partial charge in [-0.05, 0) is 55.0 Å². The molecule has 0 bridgehead atoms. The van der Waals surface area contributed by atoms with Crippen molar-refractivity contribution in [1.29, 1.82) is 0 Å². The molecular formula is C23H26N2O4. The molecule has 1 unspecified atom stereocenters. The average molecular weight is 394 g/mol. The van der Waals surface area contributed by atoms with Crippen molar-refractivity contribution in [3.8, 4) is 5.75 Å². The fraction of sp³-hybridized carbons (Fsp3) is 0.348. The summed E-state index contributed by atoms with van der Waals surface area (Å²) in [5.41, 5.74) is 5.31. The number of nitrogens with one attached hydrogen (secondary N) is 2. The number of carbonyl (C=O) groups excluding carboxylic acids is 3. The van der Waals surface area contributed by atoms with E-state index in [1.54, 1.807) is 6.07 Å². The highest BCUT2D eigenvalue weighted by atomic mass is 16.5. The number of Topliss-reactive ketones (excluding diaryl/α,β-unsaturated/α-hetero) is 1. The van der Waals surface area contributed by atoms with Gasteiger partial charge in [-0.15, -0.1) is 0 Å². The zero-order valence-corrected chi connectivity index (χ0v) is 17.2. The van der Waals surface area contributed by atoms with E-state index in [-0.39, 0.29) is 30.8 Å². The van der Waals surface area contributed by atoms with Crippen LogP contribution in [0.5, 0.6) is 5.75 Å². The van der Waals surface area contributed by atoms with Gasteiger partial charge in [0.05, 0.1) is 12.1 Å². The first-order valence-electron chi connectivity index (χ1n) is 9.70. The van der Waals surface area contributed by atoms with E-state index in [9.17, 15) is 14.4 Å². The van der Waals surface area contributed by atoms with Crippen LogP contribution in [0.3, 0.4) is 0 Å². The molecule has 0 heterocycles. The molecular weight excluding hydrogens is 368 g/mol. The van der Waals surface area contributed by atoms with E-state index in [2.05, 4.69) is 10.6 Å². The van der Waals surface area contributed by atoms with Crippen molar-refractivity contribution in [1.82, 2.24) is 5.32 Å². The molecule has 0 saturated heterocycles. The van der Waals surface area contributed by atoms with Gasteiger partial charge in [-0.2, -0.15) is 0 Å². The number of para-hydroxylation sites is 1. The third-order valence-corrected chi connectivity index (χ3v) is 5.24. The van der Waals surface area contributed by atoms with E-state index in [1.165, 1.54) is 0 Å². The first-order valence-corrected chi connectivity index (χ1v) is 9.70. The summed E-state index contributed by atoms with van der Waals surface area (Å²) in [6.07, 6.45) is 0.460. The van der Waals surface area contributed by atoms with Gasteiger partial charge in [-0.3, -0.25) is 14.4 Å². The van der Waals surface area contributed by atoms with Crippen molar-refractivity contribution in [2.45, 2.75) is 40.0 Å². The Hall–Kier alpha value is -3.15. The van der Waals surface area contributed by atoms with Gasteiger partial charge in [0, 0.05) is 12.1 Å². The van der Waals surface area contributed by atoms with Crippen LogP contribution in [-0.2, 0) is 9.59 Å². The maximum absolute atomic E-state index is 12.3. The number of anilines is 1. The third-order valence-electron chi connectivity index (χ3n) is 5.24. The zero-order valence-electron chi connectivity index (χ0n) is 17.2. The highest BCUT2D eigenvalue weighted by molar-refractivity contribution is 6.04. The van der Waals surface area contributed by atoms with Crippen molar-refractivity contribution in [3.63, 3.8) is 0 Å². The largest absolute Gasteiger partial charge is 0.483 e. The molecule has 6 nitrogen and oxygen atoms in total. The van der Waals surface area contributed by atoms with Crippen molar-refractivity contribution in [3.05, 3.63) is 58.1 Å². The fourth-order valence-corrected chi connectivity index (χ4v) is 3.80. The van der Waals surface area contributed by atoms with E-state index in [0.29, 0.717) is 17.7 Å². The van der Waals surface area contributed by atoms with Gasteiger partial charge >= 0.3 is 0 Å². The maximum atomic E-state index is 12.3. The van der Waals surface area contributed by atoms with Gasteiger partial charge in [0.2, 0.25) is 5.91 Å². The van der Waals surface area contributed by atoms with Gasteiger partial charge in [0.15, 0.2) is 12.4 Å². The molecule has 1 atom stereocenters. The zero-order chi connectivity index (χ0) is 21.1. The molecule has 2 aromatic carbocycles. The Bertz CT molecular complexity index is 961. The molecule has 2 amide bonds. The smallest absolute Gasteiger partial charge is 0.258 e. The number of aryl methyl sites for hydroxylation is 3. The number of amides is 2. The molecule has 0 saturated carbocycles. The first kappa shape index (κ1) is 20.6. The van der Waals surface area contributed by atoms with Crippen LogP contribution in [0, 0.1) is 20.8 Å². The molecule has 0 fully saturated rings. The number of fused-ring (bicyclic) bond motifs is 1. The van der Waals surface area contributed by atoms with Crippen LogP contribution >= 0.6 is 0 Å². The summed E-state index contributed by atoms with van der Waals surface area (Å²) in [6, 6.07) is 9.38. The summed E-state index contributed by atoms with van der Waals surface area (Å²) in [7, 11) is 0. The first-order chi connectivity index (χ1) is 13.8. The second kappa shape index (κ2) is 8.47. The molecule has 3 rings (SSSR count). The lowest BCUT2D eigenvalue weighted by atomic mass is 9.97. The summed E-state index contributed by atoms with van der Waals surface area (Å²) < 4.78 is 5.61. The number of carbonyl (C=O) groups is 3. The number of ketones is 1. The highest BCUT2D eigenvalue weighted by Gasteiger charge is 2.31. The Labute approximate surface area is 170 Å². The average Bonchev–Trinajstić information content (AvgIpc) is 2.98. The minimum atomic E-state index is -0.422. The lowest BCUT2D eigenvalue weighted by molar-refractivity contribution is -0.125. The van der Waals surface area contributed by atoms with Gasteiger partial charge in [0.1, 0.15) is 5.75 Å². The summed E-state index contributed by atoms with van der Waals surface area (Å²) in [6.45, 7) is 7.40. The Morgan fingerprint density at radius 3 is 2.41 bits per heavy atom. The van der Waals surface area contributed by atoms with Gasteiger partial charge in [0.25, 0.3) is 5.91 Å². The van der Waals surface area contributed by atoms with Crippen LogP contribution < -0.4 is 15.4 Å². The van der Waals surface area contributed by atoms with E-state index >= 15 is 0 Å². The van der Waals surface area contributed by atoms with E-state index < -0.39 is 5.91 Å². The topological polar surface area (TPSA) is 84.5 Å². The second-order valence-electron chi connectivity index (χ2n) is 7.58. The predicted molar refractivity (Wildman–Crippen MR) is 112 cm³/mol. The minimum absolute atomic E-state index is 0.0413. The quantitative estimate of drug-likeness (QED) is 0.786. The molecule has 0 aliphatic heterocycles. The molecule has 29 heavy (non-hydrogen) atoms. The Balaban J connectivity index is 1.55. The van der Waals surface area contributed by atoms with Crippen LogP contribution in [0.15, 0.2) is 30.3 Å². The summed E-state index contributed by atoms with van der Waals surface area (Å²) >= 11 is 0. The highest BCUT2D eigenvalue weighted by Crippen LogP contribution is 2.40. The van der Waals surface area contributed by atoms with Crippen LogP contribution in [0.1, 0.15) is 51.9 Å². The Morgan fingerprint density at radius 1 is 1.03 bits per heavy atom. The molecule has 2 aromatic rings. The Kier molecular flexibility index (Phi) is 6.01. The van der Waals surface area contributed by atoms with Gasteiger partial charge in [-0.25, -0.2) is 0 Å². The van der Waals surface area contributed by atoms with E-state index in [0.717, 1.165) is 27.9 Å². The third kappa shape index (κ3) is 4.47. The normalized spacial score (nSPS) is 15.0.